The summed E-state index contributed by atoms with van der Waals surface area (Å²) in [6.45, 7) is 6.11. The quantitative estimate of drug-likeness (QED) is 0.281. The number of benzene rings is 1. The Labute approximate surface area is 176 Å². The lowest BCUT2D eigenvalue weighted by Crippen LogP contribution is -2.14. The standard InChI is InChI=1S/C25H40O4/c1-4-5-6-7-8-9-10-11-12-13-14-15-16-20-17-18-21(24(26)27)23(25(28)29)22(20)19(2)3/h17-19H,4-16H2,1-3H3,(H,26,27)(H,28,29). The molecule has 0 saturated carbocycles. The lowest BCUT2D eigenvalue weighted by Gasteiger charge is -2.18. The van der Waals surface area contributed by atoms with Crippen LogP contribution in [-0.2, 0) is 6.42 Å². The molecule has 0 heterocycles. The van der Waals surface area contributed by atoms with E-state index in [-0.39, 0.29) is 17.0 Å². The molecule has 0 fully saturated rings. The second kappa shape index (κ2) is 14.2. The minimum absolute atomic E-state index is 0.0206. The summed E-state index contributed by atoms with van der Waals surface area (Å²) in [7, 11) is 0. The van der Waals surface area contributed by atoms with E-state index in [1.165, 1.54) is 70.3 Å². The minimum Gasteiger partial charge on any atom is -0.478 e. The van der Waals surface area contributed by atoms with Crippen molar-refractivity contribution in [3.8, 4) is 0 Å². The number of carboxylic acids is 2. The van der Waals surface area contributed by atoms with Gasteiger partial charge in [0, 0.05) is 0 Å². The molecule has 2 N–H and O–H groups in total. The van der Waals surface area contributed by atoms with Crippen molar-refractivity contribution in [2.24, 2.45) is 0 Å². The highest BCUT2D eigenvalue weighted by molar-refractivity contribution is 6.03. The summed E-state index contributed by atoms with van der Waals surface area (Å²) in [5, 5.41) is 18.9. The van der Waals surface area contributed by atoms with Gasteiger partial charge in [-0.25, -0.2) is 9.59 Å². The van der Waals surface area contributed by atoms with E-state index in [0.29, 0.717) is 5.56 Å². The lowest BCUT2D eigenvalue weighted by molar-refractivity contribution is 0.0650. The van der Waals surface area contributed by atoms with Gasteiger partial charge in [-0.05, 0) is 36.0 Å². The first-order chi connectivity index (χ1) is 13.9. The number of carbonyl (C=O) groups is 2. The Morgan fingerprint density at radius 2 is 1.24 bits per heavy atom. The summed E-state index contributed by atoms with van der Waals surface area (Å²) in [6.07, 6.45) is 16.2. The summed E-state index contributed by atoms with van der Waals surface area (Å²) in [4.78, 5) is 23.1. The largest absolute Gasteiger partial charge is 0.478 e. The zero-order valence-corrected chi connectivity index (χ0v) is 18.6. The summed E-state index contributed by atoms with van der Waals surface area (Å²) >= 11 is 0. The van der Waals surface area contributed by atoms with Gasteiger partial charge >= 0.3 is 11.9 Å². The maximum Gasteiger partial charge on any atom is 0.336 e. The molecule has 1 aromatic carbocycles. The highest BCUT2D eigenvalue weighted by atomic mass is 16.4. The molecule has 1 rings (SSSR count). The predicted octanol–water partition coefficient (Wildman–Crippen LogP) is 7.45. The Balaban J connectivity index is 2.42. The van der Waals surface area contributed by atoms with Crippen LogP contribution < -0.4 is 0 Å². The van der Waals surface area contributed by atoms with Crippen molar-refractivity contribution in [3.63, 3.8) is 0 Å². The fourth-order valence-corrected chi connectivity index (χ4v) is 4.11. The number of aromatic carboxylic acids is 2. The normalized spacial score (nSPS) is 11.2. The van der Waals surface area contributed by atoms with Gasteiger partial charge in [-0.1, -0.05) is 97.5 Å². The number of aryl methyl sites for hydroxylation is 1. The Kier molecular flexibility index (Phi) is 12.3. The number of rotatable bonds is 16. The van der Waals surface area contributed by atoms with Gasteiger partial charge in [0.1, 0.15) is 0 Å². The average Bonchev–Trinajstić information content (AvgIpc) is 2.67. The van der Waals surface area contributed by atoms with Crippen LogP contribution in [0.15, 0.2) is 12.1 Å². The number of carboxylic acid groups (broad SMARTS) is 2. The van der Waals surface area contributed by atoms with Crippen LogP contribution in [0.25, 0.3) is 0 Å². The molecule has 0 aliphatic heterocycles. The molecular formula is C25H40O4. The fourth-order valence-electron chi connectivity index (χ4n) is 4.11. The van der Waals surface area contributed by atoms with E-state index in [9.17, 15) is 19.8 Å². The molecule has 0 aliphatic rings. The van der Waals surface area contributed by atoms with Gasteiger partial charge in [0.15, 0.2) is 0 Å². The topological polar surface area (TPSA) is 74.6 Å². The minimum atomic E-state index is -1.18. The smallest absolute Gasteiger partial charge is 0.336 e. The molecule has 4 nitrogen and oxygen atoms in total. The number of unbranched alkanes of at least 4 members (excludes halogenated alkanes) is 11. The molecule has 164 valence electrons. The first-order valence-electron chi connectivity index (χ1n) is 11.5. The van der Waals surface area contributed by atoms with Crippen LogP contribution in [0.4, 0.5) is 0 Å². The second-order valence-electron chi connectivity index (χ2n) is 8.47. The van der Waals surface area contributed by atoms with Crippen LogP contribution in [0, 0.1) is 0 Å². The number of hydrogen-bond acceptors (Lipinski definition) is 2. The fraction of sp³-hybridized carbons (Fsp3) is 0.680. The lowest BCUT2D eigenvalue weighted by atomic mass is 9.86. The van der Waals surface area contributed by atoms with E-state index in [1.807, 2.05) is 19.9 Å². The van der Waals surface area contributed by atoms with Gasteiger partial charge in [0.05, 0.1) is 11.1 Å². The summed E-state index contributed by atoms with van der Waals surface area (Å²) < 4.78 is 0. The maximum absolute atomic E-state index is 11.7. The number of hydrogen-bond donors (Lipinski definition) is 2. The molecule has 0 aromatic heterocycles. The van der Waals surface area contributed by atoms with E-state index in [1.54, 1.807) is 0 Å². The van der Waals surface area contributed by atoms with Gasteiger partial charge in [0.2, 0.25) is 0 Å². The van der Waals surface area contributed by atoms with Crippen molar-refractivity contribution in [1.29, 1.82) is 0 Å². The van der Waals surface area contributed by atoms with E-state index in [0.717, 1.165) is 24.8 Å². The van der Waals surface area contributed by atoms with E-state index in [2.05, 4.69) is 6.92 Å². The van der Waals surface area contributed by atoms with E-state index >= 15 is 0 Å². The molecule has 0 saturated heterocycles. The second-order valence-corrected chi connectivity index (χ2v) is 8.47. The third kappa shape index (κ3) is 9.01. The van der Waals surface area contributed by atoms with Gasteiger partial charge < -0.3 is 10.2 Å². The predicted molar refractivity (Wildman–Crippen MR) is 119 cm³/mol. The summed E-state index contributed by atoms with van der Waals surface area (Å²) in [6, 6.07) is 3.26. The summed E-state index contributed by atoms with van der Waals surface area (Å²) in [5.41, 5.74) is 1.51. The first-order valence-corrected chi connectivity index (χ1v) is 11.5. The SMILES string of the molecule is CCCCCCCCCCCCCCc1ccc(C(=O)O)c(C(=O)O)c1C(C)C. The van der Waals surface area contributed by atoms with Crippen LogP contribution in [0.5, 0.6) is 0 Å². The molecule has 1 aromatic rings. The van der Waals surface area contributed by atoms with Crippen molar-refractivity contribution in [2.45, 2.75) is 110 Å². The molecule has 0 bridgehead atoms. The van der Waals surface area contributed by atoms with Crippen LogP contribution in [0.1, 0.15) is 136 Å². The van der Waals surface area contributed by atoms with E-state index in [4.69, 9.17) is 0 Å². The molecule has 29 heavy (non-hydrogen) atoms. The zero-order valence-electron chi connectivity index (χ0n) is 18.6. The van der Waals surface area contributed by atoms with Gasteiger partial charge in [-0.15, -0.1) is 0 Å². The molecule has 4 heteroatoms. The van der Waals surface area contributed by atoms with Crippen LogP contribution in [0.3, 0.4) is 0 Å². The van der Waals surface area contributed by atoms with Crippen molar-refractivity contribution in [2.75, 3.05) is 0 Å². The average molecular weight is 405 g/mol. The van der Waals surface area contributed by atoms with Gasteiger partial charge in [0.25, 0.3) is 0 Å². The van der Waals surface area contributed by atoms with Crippen molar-refractivity contribution < 1.29 is 19.8 Å². The molecule has 0 aliphatic carbocycles. The molecule has 0 unspecified atom stereocenters. The van der Waals surface area contributed by atoms with Crippen molar-refractivity contribution in [3.05, 3.63) is 34.4 Å². The van der Waals surface area contributed by atoms with E-state index < -0.39 is 11.9 Å². The highest BCUT2D eigenvalue weighted by Crippen LogP contribution is 2.29. The molecule has 0 radical (unpaired) electrons. The van der Waals surface area contributed by atoms with Crippen LogP contribution >= 0.6 is 0 Å². The van der Waals surface area contributed by atoms with Crippen molar-refractivity contribution in [1.82, 2.24) is 0 Å². The third-order valence-corrected chi connectivity index (χ3v) is 5.66. The molecule has 0 spiro atoms. The van der Waals surface area contributed by atoms with Crippen molar-refractivity contribution >= 4 is 11.9 Å². The molecular weight excluding hydrogens is 364 g/mol. The Hall–Kier alpha value is -1.84. The molecule has 0 atom stereocenters. The summed E-state index contributed by atoms with van der Waals surface area (Å²) in [5.74, 6) is -2.35. The third-order valence-electron chi connectivity index (χ3n) is 5.66. The Morgan fingerprint density at radius 1 is 0.759 bits per heavy atom. The monoisotopic (exact) mass is 404 g/mol. The van der Waals surface area contributed by atoms with Crippen LogP contribution in [0.2, 0.25) is 0 Å². The van der Waals surface area contributed by atoms with Gasteiger partial charge in [-0.2, -0.15) is 0 Å². The maximum atomic E-state index is 11.7. The first kappa shape index (κ1) is 25.2. The Bertz CT molecular complexity index is 634. The highest BCUT2D eigenvalue weighted by Gasteiger charge is 2.24. The van der Waals surface area contributed by atoms with Gasteiger partial charge in [-0.3, -0.25) is 0 Å². The Morgan fingerprint density at radius 3 is 1.66 bits per heavy atom. The molecule has 0 amide bonds. The van der Waals surface area contributed by atoms with Crippen LogP contribution in [-0.4, -0.2) is 22.2 Å². The zero-order chi connectivity index (χ0) is 21.6.